The molecule has 3 rings (SSSR count). The normalized spacial score (nSPS) is 13.6. The lowest BCUT2D eigenvalue weighted by Crippen LogP contribution is -2.36. The van der Waals surface area contributed by atoms with Crippen molar-refractivity contribution in [3.05, 3.63) is 65.7 Å². The summed E-state index contributed by atoms with van der Waals surface area (Å²) in [6, 6.07) is 17.9. The standard InChI is InChI=1S/C25H31N3O2/c1-2-3-5-15-22(20-11-6-4-7-12-20)26-27-24(29)17-18-25(30)28-19-10-14-21-13-8-9-16-23(21)28/h4,6-9,11-13,16H,2-3,5,10,14-15,17-19H2,1H3,(H,27,29)/b26-22+. The minimum Gasteiger partial charge on any atom is -0.312 e. The average molecular weight is 406 g/mol. The van der Waals surface area contributed by atoms with Crippen LogP contribution in [-0.4, -0.2) is 24.1 Å². The molecule has 158 valence electrons. The van der Waals surface area contributed by atoms with Crippen molar-refractivity contribution in [2.24, 2.45) is 5.10 Å². The Balaban J connectivity index is 1.56. The van der Waals surface area contributed by atoms with Crippen molar-refractivity contribution in [2.75, 3.05) is 11.4 Å². The molecule has 0 saturated heterocycles. The van der Waals surface area contributed by atoms with E-state index >= 15 is 0 Å². The molecule has 5 nitrogen and oxygen atoms in total. The van der Waals surface area contributed by atoms with E-state index in [9.17, 15) is 9.59 Å². The number of aryl methyl sites for hydroxylation is 1. The van der Waals surface area contributed by atoms with Gasteiger partial charge in [0.05, 0.1) is 5.71 Å². The summed E-state index contributed by atoms with van der Waals surface area (Å²) < 4.78 is 0. The van der Waals surface area contributed by atoms with Gasteiger partial charge in [-0.1, -0.05) is 68.3 Å². The lowest BCUT2D eigenvalue weighted by molar-refractivity contribution is -0.125. The first-order valence-corrected chi connectivity index (χ1v) is 11.0. The second kappa shape index (κ2) is 11.3. The molecule has 1 N–H and O–H groups in total. The summed E-state index contributed by atoms with van der Waals surface area (Å²) in [4.78, 5) is 26.9. The van der Waals surface area contributed by atoms with Gasteiger partial charge in [-0.2, -0.15) is 5.10 Å². The summed E-state index contributed by atoms with van der Waals surface area (Å²) in [6.45, 7) is 2.88. The van der Waals surface area contributed by atoms with E-state index in [0.29, 0.717) is 6.54 Å². The minimum atomic E-state index is -0.224. The van der Waals surface area contributed by atoms with Crippen LogP contribution in [0.5, 0.6) is 0 Å². The zero-order valence-corrected chi connectivity index (χ0v) is 17.8. The van der Waals surface area contributed by atoms with Crippen LogP contribution in [0.4, 0.5) is 5.69 Å². The number of fused-ring (bicyclic) bond motifs is 1. The van der Waals surface area contributed by atoms with Gasteiger partial charge in [0.1, 0.15) is 0 Å². The molecule has 2 aromatic carbocycles. The van der Waals surface area contributed by atoms with Crippen molar-refractivity contribution < 1.29 is 9.59 Å². The van der Waals surface area contributed by atoms with E-state index in [1.54, 1.807) is 0 Å². The molecule has 0 aromatic heterocycles. The van der Waals surface area contributed by atoms with E-state index in [1.165, 1.54) is 5.56 Å². The number of anilines is 1. The van der Waals surface area contributed by atoms with Gasteiger partial charge in [0.2, 0.25) is 11.8 Å². The van der Waals surface area contributed by atoms with Crippen LogP contribution < -0.4 is 10.3 Å². The highest BCUT2D eigenvalue weighted by Gasteiger charge is 2.22. The zero-order valence-electron chi connectivity index (χ0n) is 17.8. The Hall–Kier alpha value is -2.95. The molecule has 1 aliphatic rings. The van der Waals surface area contributed by atoms with E-state index < -0.39 is 0 Å². The van der Waals surface area contributed by atoms with Crippen LogP contribution in [0.3, 0.4) is 0 Å². The first-order valence-electron chi connectivity index (χ1n) is 11.0. The third-order valence-electron chi connectivity index (χ3n) is 5.42. The lowest BCUT2D eigenvalue weighted by atomic mass is 10.0. The number of rotatable bonds is 9. The number of nitrogens with zero attached hydrogens (tertiary/aromatic N) is 2. The largest absolute Gasteiger partial charge is 0.312 e. The van der Waals surface area contributed by atoms with Gasteiger partial charge in [0.25, 0.3) is 0 Å². The molecule has 0 unspecified atom stereocenters. The SMILES string of the molecule is CCCCC/C(=N\NC(=O)CCC(=O)N1CCCc2ccccc21)c1ccccc1. The maximum Gasteiger partial charge on any atom is 0.240 e. The van der Waals surface area contributed by atoms with Gasteiger partial charge in [0, 0.05) is 25.1 Å². The zero-order chi connectivity index (χ0) is 21.2. The van der Waals surface area contributed by atoms with E-state index in [1.807, 2.05) is 53.4 Å². The number of carbonyl (C=O) groups is 2. The molecule has 30 heavy (non-hydrogen) atoms. The van der Waals surface area contributed by atoms with Crippen LogP contribution in [0.2, 0.25) is 0 Å². The summed E-state index contributed by atoms with van der Waals surface area (Å²) in [5.41, 5.74) is 6.75. The molecular formula is C25H31N3O2. The number of unbranched alkanes of at least 4 members (excludes halogenated alkanes) is 2. The molecule has 0 spiro atoms. The van der Waals surface area contributed by atoms with E-state index in [2.05, 4.69) is 23.5 Å². The Morgan fingerprint density at radius 1 is 0.967 bits per heavy atom. The molecule has 2 amide bonds. The first-order chi connectivity index (χ1) is 14.7. The topological polar surface area (TPSA) is 61.8 Å². The summed E-state index contributed by atoms with van der Waals surface area (Å²) in [7, 11) is 0. The van der Waals surface area contributed by atoms with Gasteiger partial charge in [-0.05, 0) is 42.9 Å². The van der Waals surface area contributed by atoms with Gasteiger partial charge in [-0.25, -0.2) is 5.43 Å². The minimum absolute atomic E-state index is 0.00694. The predicted octanol–water partition coefficient (Wildman–Crippen LogP) is 4.85. The Bertz CT molecular complexity index is 877. The quantitative estimate of drug-likeness (QED) is 0.368. The van der Waals surface area contributed by atoms with Crippen LogP contribution >= 0.6 is 0 Å². The first kappa shape index (κ1) is 21.8. The Morgan fingerprint density at radius 2 is 1.73 bits per heavy atom. The Morgan fingerprint density at radius 3 is 2.53 bits per heavy atom. The van der Waals surface area contributed by atoms with Crippen molar-refractivity contribution in [2.45, 2.75) is 58.3 Å². The molecule has 0 aliphatic carbocycles. The maximum atomic E-state index is 12.7. The lowest BCUT2D eigenvalue weighted by Gasteiger charge is -2.29. The Labute approximate surface area is 179 Å². The monoisotopic (exact) mass is 405 g/mol. The molecular weight excluding hydrogens is 374 g/mol. The van der Waals surface area contributed by atoms with E-state index in [0.717, 1.165) is 55.5 Å². The third-order valence-corrected chi connectivity index (χ3v) is 5.42. The Kier molecular flexibility index (Phi) is 8.19. The van der Waals surface area contributed by atoms with Crippen molar-refractivity contribution in [3.63, 3.8) is 0 Å². The number of hydrogen-bond donors (Lipinski definition) is 1. The van der Waals surface area contributed by atoms with Gasteiger partial charge >= 0.3 is 0 Å². The molecule has 0 atom stereocenters. The van der Waals surface area contributed by atoms with Gasteiger partial charge in [0.15, 0.2) is 0 Å². The second-order valence-corrected chi connectivity index (χ2v) is 7.69. The van der Waals surface area contributed by atoms with Crippen molar-refractivity contribution in [1.29, 1.82) is 0 Å². The predicted molar refractivity (Wildman–Crippen MR) is 122 cm³/mol. The molecule has 1 aliphatic heterocycles. The molecule has 0 saturated carbocycles. The van der Waals surface area contributed by atoms with Crippen LogP contribution in [0.1, 0.15) is 63.0 Å². The van der Waals surface area contributed by atoms with Crippen LogP contribution in [0.25, 0.3) is 0 Å². The smallest absolute Gasteiger partial charge is 0.240 e. The number of carbonyl (C=O) groups excluding carboxylic acids is 2. The summed E-state index contributed by atoms with van der Waals surface area (Å²) in [6.07, 6.45) is 6.40. The second-order valence-electron chi connectivity index (χ2n) is 7.69. The van der Waals surface area contributed by atoms with Crippen molar-refractivity contribution in [3.8, 4) is 0 Å². The van der Waals surface area contributed by atoms with Crippen LogP contribution in [0.15, 0.2) is 59.7 Å². The maximum absolute atomic E-state index is 12.7. The van der Waals surface area contributed by atoms with Gasteiger partial charge < -0.3 is 4.90 Å². The molecule has 2 aromatic rings. The molecule has 0 radical (unpaired) electrons. The van der Waals surface area contributed by atoms with Crippen LogP contribution in [-0.2, 0) is 16.0 Å². The van der Waals surface area contributed by atoms with E-state index in [-0.39, 0.29) is 24.7 Å². The number of para-hydroxylation sites is 1. The fourth-order valence-corrected chi connectivity index (χ4v) is 3.77. The summed E-state index contributed by atoms with van der Waals surface area (Å²) in [5, 5.41) is 4.38. The highest BCUT2D eigenvalue weighted by atomic mass is 16.2. The highest BCUT2D eigenvalue weighted by molar-refractivity contribution is 6.01. The van der Waals surface area contributed by atoms with Crippen molar-refractivity contribution >= 4 is 23.2 Å². The van der Waals surface area contributed by atoms with Gasteiger partial charge in [-0.3, -0.25) is 9.59 Å². The highest BCUT2D eigenvalue weighted by Crippen LogP contribution is 2.27. The number of benzene rings is 2. The van der Waals surface area contributed by atoms with Gasteiger partial charge in [-0.15, -0.1) is 0 Å². The summed E-state index contributed by atoms with van der Waals surface area (Å²) >= 11 is 0. The molecule has 5 heteroatoms. The van der Waals surface area contributed by atoms with E-state index in [4.69, 9.17) is 0 Å². The number of nitrogens with one attached hydrogen (secondary N) is 1. The van der Waals surface area contributed by atoms with Crippen molar-refractivity contribution in [1.82, 2.24) is 5.43 Å². The third kappa shape index (κ3) is 6.02. The average Bonchev–Trinajstić information content (AvgIpc) is 2.80. The molecule has 1 heterocycles. The molecule has 0 bridgehead atoms. The fraction of sp³-hybridized carbons (Fsp3) is 0.400. The summed E-state index contributed by atoms with van der Waals surface area (Å²) in [5.74, 6) is -0.231. The number of hydrogen-bond acceptors (Lipinski definition) is 3. The van der Waals surface area contributed by atoms with Crippen LogP contribution in [0, 0.1) is 0 Å². The molecule has 0 fully saturated rings. The fourth-order valence-electron chi connectivity index (χ4n) is 3.77. The number of amides is 2. The number of hydrazone groups is 1.